The van der Waals surface area contributed by atoms with Crippen LogP contribution in [-0.2, 0) is 34.0 Å². The van der Waals surface area contributed by atoms with Crippen LogP contribution in [0.4, 0.5) is 10.1 Å². The number of carbonyl (C=O) groups excluding carboxylic acids is 4. The topological polar surface area (TPSA) is 124 Å². The molecule has 13 heteroatoms. The van der Waals surface area contributed by atoms with Crippen LogP contribution in [0.2, 0.25) is 5.02 Å². The molecule has 0 radical (unpaired) electrons. The summed E-state index contributed by atoms with van der Waals surface area (Å²) in [5, 5.41) is 8.73. The maximum absolute atomic E-state index is 13.4. The number of rotatable bonds is 6. The number of fused-ring (bicyclic) bond motifs is 1. The highest BCUT2D eigenvalue weighted by molar-refractivity contribution is 7.13. The van der Waals surface area contributed by atoms with Gasteiger partial charge in [-0.05, 0) is 44.5 Å². The zero-order valence-electron chi connectivity index (χ0n) is 22.1. The quantitative estimate of drug-likeness (QED) is 0.452. The molecular formula is C26H32ClFN6O4S. The largest absolute Gasteiger partial charge is 0.349 e. The minimum atomic E-state index is -0.972. The van der Waals surface area contributed by atoms with Crippen molar-refractivity contribution in [3.63, 3.8) is 0 Å². The van der Waals surface area contributed by atoms with Crippen molar-refractivity contribution in [2.24, 2.45) is 5.92 Å². The maximum Gasteiger partial charge on any atom is 0.313 e. The fraction of sp³-hybridized carbons (Fsp3) is 0.500. The molecule has 1 saturated carbocycles. The van der Waals surface area contributed by atoms with E-state index in [2.05, 4.69) is 25.8 Å². The Balaban J connectivity index is 1.47. The van der Waals surface area contributed by atoms with Crippen LogP contribution in [0.15, 0.2) is 18.2 Å². The molecule has 1 aliphatic carbocycles. The molecule has 1 aromatic carbocycles. The number of halogens is 2. The second-order valence-corrected chi connectivity index (χ2v) is 11.7. The van der Waals surface area contributed by atoms with Gasteiger partial charge in [-0.2, -0.15) is 0 Å². The monoisotopic (exact) mass is 578 g/mol. The van der Waals surface area contributed by atoms with Gasteiger partial charge in [0.25, 0.3) is 5.91 Å². The maximum atomic E-state index is 13.4. The van der Waals surface area contributed by atoms with Crippen LogP contribution in [0.25, 0.3) is 0 Å². The lowest BCUT2D eigenvalue weighted by Crippen LogP contribution is -2.57. The van der Waals surface area contributed by atoms with Crippen molar-refractivity contribution in [2.45, 2.75) is 51.0 Å². The Bertz CT molecular complexity index is 1270. The van der Waals surface area contributed by atoms with E-state index < -0.39 is 30.6 Å². The molecule has 3 atom stereocenters. The van der Waals surface area contributed by atoms with Gasteiger partial charge in [-0.1, -0.05) is 11.6 Å². The highest BCUT2D eigenvalue weighted by atomic mass is 35.5. The number of thiazole rings is 1. The smallest absolute Gasteiger partial charge is 0.313 e. The molecule has 0 unspecified atom stereocenters. The summed E-state index contributed by atoms with van der Waals surface area (Å²) in [6.45, 7) is 0.731. The number of anilines is 1. The number of carbonyl (C=O) groups is 4. The third-order valence-electron chi connectivity index (χ3n) is 7.06. The Kier molecular flexibility index (Phi) is 9.19. The van der Waals surface area contributed by atoms with Gasteiger partial charge >= 0.3 is 11.8 Å². The molecule has 1 fully saturated rings. The molecule has 2 aliphatic rings. The highest BCUT2D eigenvalue weighted by Gasteiger charge is 2.37. The van der Waals surface area contributed by atoms with Gasteiger partial charge in [0, 0.05) is 66.7 Å². The number of nitrogens with one attached hydrogen (secondary N) is 3. The van der Waals surface area contributed by atoms with Crippen molar-refractivity contribution < 1.29 is 23.6 Å². The van der Waals surface area contributed by atoms with Crippen LogP contribution < -0.4 is 16.0 Å². The molecule has 10 nitrogen and oxygen atoms in total. The Hall–Kier alpha value is -3.09. The SMILES string of the molecule is CN1CCc2nc(C(=O)N[C@@H]3C[C@@H](C(=O)N(C)C)CC[C@@H]3NC(=O)C(=O)Nc3ccc(Cl)cc3CF)sc2C1. The number of likely N-dealkylation sites (N-methyl/N-ethyl adjacent to an activating group) is 1. The summed E-state index contributed by atoms with van der Waals surface area (Å²) in [7, 11) is 5.36. The zero-order chi connectivity index (χ0) is 28.3. The van der Waals surface area contributed by atoms with E-state index in [1.807, 2.05) is 7.05 Å². The van der Waals surface area contributed by atoms with Crippen molar-refractivity contribution in [3.8, 4) is 0 Å². The summed E-state index contributed by atoms with van der Waals surface area (Å²) in [5.74, 6) is -2.68. The van der Waals surface area contributed by atoms with Crippen LogP contribution in [0, 0.1) is 5.92 Å². The van der Waals surface area contributed by atoms with Crippen LogP contribution in [-0.4, -0.2) is 78.2 Å². The van der Waals surface area contributed by atoms with Crippen LogP contribution >= 0.6 is 22.9 Å². The Morgan fingerprint density at radius 2 is 1.92 bits per heavy atom. The molecule has 0 saturated heterocycles. The van der Waals surface area contributed by atoms with E-state index in [0.29, 0.717) is 29.3 Å². The second-order valence-electron chi connectivity index (χ2n) is 10.2. The summed E-state index contributed by atoms with van der Waals surface area (Å²) in [6, 6.07) is 3.09. The van der Waals surface area contributed by atoms with E-state index in [9.17, 15) is 23.6 Å². The van der Waals surface area contributed by atoms with Gasteiger partial charge in [-0.25, -0.2) is 9.37 Å². The number of amides is 4. The first kappa shape index (κ1) is 28.9. The van der Waals surface area contributed by atoms with E-state index in [1.165, 1.54) is 34.4 Å². The average Bonchev–Trinajstić information content (AvgIpc) is 3.33. The van der Waals surface area contributed by atoms with Crippen molar-refractivity contribution in [2.75, 3.05) is 33.0 Å². The predicted octanol–water partition coefficient (Wildman–Crippen LogP) is 2.36. The van der Waals surface area contributed by atoms with Gasteiger partial charge < -0.3 is 25.8 Å². The number of hydrogen-bond acceptors (Lipinski definition) is 7. The van der Waals surface area contributed by atoms with Crippen molar-refractivity contribution in [1.29, 1.82) is 0 Å². The molecule has 2 aromatic rings. The van der Waals surface area contributed by atoms with Crippen molar-refractivity contribution in [3.05, 3.63) is 44.4 Å². The molecule has 1 aliphatic heterocycles. The summed E-state index contributed by atoms with van der Waals surface area (Å²) in [5.41, 5.74) is 1.21. The lowest BCUT2D eigenvalue weighted by atomic mass is 9.81. The molecule has 210 valence electrons. The van der Waals surface area contributed by atoms with Crippen LogP contribution in [0.3, 0.4) is 0 Å². The predicted molar refractivity (Wildman–Crippen MR) is 146 cm³/mol. The summed E-state index contributed by atoms with van der Waals surface area (Å²) in [4.78, 5) is 60.6. The third kappa shape index (κ3) is 6.92. The fourth-order valence-electron chi connectivity index (χ4n) is 4.95. The Morgan fingerprint density at radius 1 is 1.15 bits per heavy atom. The van der Waals surface area contributed by atoms with E-state index in [0.717, 1.165) is 30.1 Å². The number of alkyl halides is 1. The first-order chi connectivity index (χ1) is 18.5. The van der Waals surface area contributed by atoms with E-state index in [1.54, 1.807) is 14.1 Å². The number of nitrogens with zero attached hydrogens (tertiary/aromatic N) is 3. The van der Waals surface area contributed by atoms with Gasteiger partial charge in [0.15, 0.2) is 5.01 Å². The second kappa shape index (κ2) is 12.4. The van der Waals surface area contributed by atoms with Gasteiger partial charge in [0.2, 0.25) is 5.91 Å². The highest BCUT2D eigenvalue weighted by Crippen LogP contribution is 2.28. The minimum Gasteiger partial charge on any atom is -0.349 e. The molecule has 3 N–H and O–H groups in total. The molecule has 1 aromatic heterocycles. The Labute approximate surface area is 235 Å². The standard InChI is InChI=1S/C26H32ClFN6O4S/c1-33(2)26(38)14-4-6-18(30-23(36)22(35)29-17-7-5-16(27)10-15(17)12-28)20(11-14)31-24(37)25-32-19-8-9-34(3)13-21(19)39-25/h5,7,10,14,18,20H,4,6,8-9,11-13H2,1-3H3,(H,29,35)(H,30,36)(H,31,37)/t14-,18-,20+/m0/s1. The van der Waals surface area contributed by atoms with Crippen LogP contribution in [0.5, 0.6) is 0 Å². The van der Waals surface area contributed by atoms with Crippen molar-refractivity contribution in [1.82, 2.24) is 25.4 Å². The summed E-state index contributed by atoms with van der Waals surface area (Å²) in [6.07, 6.45) is 1.93. The van der Waals surface area contributed by atoms with Gasteiger partial charge in [0.1, 0.15) is 6.67 Å². The summed E-state index contributed by atoms with van der Waals surface area (Å²) >= 11 is 7.23. The summed E-state index contributed by atoms with van der Waals surface area (Å²) < 4.78 is 13.4. The third-order valence-corrected chi connectivity index (χ3v) is 8.37. The van der Waals surface area contributed by atoms with Crippen molar-refractivity contribution >= 4 is 52.3 Å². The average molecular weight is 579 g/mol. The molecule has 2 heterocycles. The molecule has 0 spiro atoms. The number of hydrogen-bond donors (Lipinski definition) is 3. The van der Waals surface area contributed by atoms with Crippen LogP contribution in [0.1, 0.15) is 45.2 Å². The Morgan fingerprint density at radius 3 is 2.64 bits per heavy atom. The van der Waals surface area contributed by atoms with E-state index >= 15 is 0 Å². The molecule has 0 bridgehead atoms. The lowest BCUT2D eigenvalue weighted by Gasteiger charge is -2.37. The van der Waals surface area contributed by atoms with E-state index in [4.69, 9.17) is 11.6 Å². The molecular weight excluding hydrogens is 547 g/mol. The lowest BCUT2D eigenvalue weighted by molar-refractivity contribution is -0.137. The fourth-order valence-corrected chi connectivity index (χ4v) is 6.24. The van der Waals surface area contributed by atoms with Gasteiger partial charge in [-0.3, -0.25) is 19.2 Å². The minimum absolute atomic E-state index is 0.0639. The first-order valence-electron chi connectivity index (χ1n) is 12.7. The first-order valence-corrected chi connectivity index (χ1v) is 13.9. The number of aromatic nitrogens is 1. The zero-order valence-corrected chi connectivity index (χ0v) is 23.6. The molecule has 4 rings (SSSR count). The normalized spacial score (nSPS) is 21.0. The van der Waals surface area contributed by atoms with Gasteiger partial charge in [-0.15, -0.1) is 11.3 Å². The molecule has 4 amide bonds. The van der Waals surface area contributed by atoms with Gasteiger partial charge in [0.05, 0.1) is 11.7 Å². The molecule has 39 heavy (non-hydrogen) atoms. The van der Waals surface area contributed by atoms with E-state index in [-0.39, 0.29) is 29.0 Å². The number of benzene rings is 1.